The molecule has 26 heavy (non-hydrogen) atoms. The second-order valence-electron chi connectivity index (χ2n) is 6.05. The van der Waals surface area contributed by atoms with Crippen molar-refractivity contribution < 1.29 is 18.0 Å². The molecule has 3 nitrogen and oxygen atoms in total. The van der Waals surface area contributed by atoms with Crippen LogP contribution in [0.2, 0.25) is 0 Å². The maximum absolute atomic E-state index is 13.6. The molecule has 1 amide bonds. The van der Waals surface area contributed by atoms with Gasteiger partial charge in [0.25, 0.3) is 5.91 Å². The summed E-state index contributed by atoms with van der Waals surface area (Å²) in [4.78, 5) is 11.7. The maximum atomic E-state index is 13.6. The predicted molar refractivity (Wildman–Crippen MR) is 93.1 cm³/mol. The average molecular weight is 358 g/mol. The Kier molecular flexibility index (Phi) is 4.84. The van der Waals surface area contributed by atoms with Crippen LogP contribution in [-0.4, -0.2) is 10.5 Å². The highest BCUT2D eigenvalue weighted by molar-refractivity contribution is 5.95. The van der Waals surface area contributed by atoms with Crippen LogP contribution in [0.25, 0.3) is 11.3 Å². The van der Waals surface area contributed by atoms with Crippen LogP contribution < -0.4 is 5.73 Å². The van der Waals surface area contributed by atoms with E-state index in [-0.39, 0.29) is 5.82 Å². The molecule has 0 bridgehead atoms. The molecule has 0 aliphatic heterocycles. The Bertz CT molecular complexity index is 962. The Hall–Kier alpha value is -3.02. The summed E-state index contributed by atoms with van der Waals surface area (Å²) in [7, 11) is 0. The summed E-state index contributed by atoms with van der Waals surface area (Å²) >= 11 is 0. The van der Waals surface area contributed by atoms with Crippen LogP contribution in [0.5, 0.6) is 0 Å². The van der Waals surface area contributed by atoms with Gasteiger partial charge >= 0.3 is 0 Å². The van der Waals surface area contributed by atoms with Crippen LogP contribution in [0.1, 0.15) is 21.6 Å². The minimum absolute atomic E-state index is 0.315. The number of nitrogens with zero attached hydrogens (tertiary/aromatic N) is 1. The normalized spacial score (nSPS) is 10.9. The van der Waals surface area contributed by atoms with Gasteiger partial charge in [-0.05, 0) is 55.3 Å². The van der Waals surface area contributed by atoms with Gasteiger partial charge in [-0.25, -0.2) is 13.2 Å². The van der Waals surface area contributed by atoms with Gasteiger partial charge in [0.05, 0.1) is 5.56 Å². The third-order valence-electron chi connectivity index (χ3n) is 4.38. The lowest BCUT2D eigenvalue weighted by Gasteiger charge is -2.12. The maximum Gasteiger partial charge on any atom is 0.250 e. The molecule has 0 unspecified atom stereocenters. The van der Waals surface area contributed by atoms with Crippen molar-refractivity contribution in [3.8, 4) is 11.3 Å². The van der Waals surface area contributed by atoms with Crippen LogP contribution in [0, 0.1) is 24.4 Å². The number of rotatable bonds is 5. The largest absolute Gasteiger partial charge is 0.366 e. The van der Waals surface area contributed by atoms with Crippen molar-refractivity contribution in [2.45, 2.75) is 19.9 Å². The molecule has 3 aromatic rings. The second-order valence-corrected chi connectivity index (χ2v) is 6.05. The van der Waals surface area contributed by atoms with Gasteiger partial charge in [0.1, 0.15) is 5.82 Å². The zero-order valence-corrected chi connectivity index (χ0v) is 14.1. The number of aromatic nitrogens is 1. The Morgan fingerprint density at radius 1 is 1.00 bits per heavy atom. The number of carbonyl (C=O) groups excluding carboxylic acids is 1. The number of hydrogen-bond acceptors (Lipinski definition) is 1. The molecule has 0 radical (unpaired) electrons. The minimum Gasteiger partial charge on any atom is -0.366 e. The number of nitrogens with two attached hydrogens (primary N) is 1. The van der Waals surface area contributed by atoms with Crippen molar-refractivity contribution in [1.29, 1.82) is 0 Å². The van der Waals surface area contributed by atoms with E-state index in [4.69, 9.17) is 5.73 Å². The van der Waals surface area contributed by atoms with Gasteiger partial charge in [0.15, 0.2) is 11.6 Å². The van der Waals surface area contributed by atoms with Gasteiger partial charge in [-0.15, -0.1) is 0 Å². The number of carbonyl (C=O) groups is 1. The molecule has 0 aliphatic rings. The van der Waals surface area contributed by atoms with E-state index < -0.39 is 17.5 Å². The number of amides is 1. The molecule has 0 atom stereocenters. The van der Waals surface area contributed by atoms with Crippen LogP contribution in [0.3, 0.4) is 0 Å². The lowest BCUT2D eigenvalue weighted by Crippen LogP contribution is -2.13. The molecule has 0 saturated heterocycles. The first-order chi connectivity index (χ1) is 12.4. The molecule has 2 aromatic carbocycles. The number of primary amides is 1. The smallest absolute Gasteiger partial charge is 0.250 e. The lowest BCUT2D eigenvalue weighted by atomic mass is 10.1. The standard InChI is InChI=1S/C20H17F3N2O/c1-12-16(20(24)26)11-19(14-4-7-17(22)18(23)10-14)25(12)9-8-13-2-5-15(21)6-3-13/h2-7,10-11H,8-9H2,1H3,(H2,24,26). The third kappa shape index (κ3) is 3.49. The van der Waals surface area contributed by atoms with Crippen molar-refractivity contribution in [2.24, 2.45) is 5.73 Å². The number of hydrogen-bond donors (Lipinski definition) is 1. The topological polar surface area (TPSA) is 48.0 Å². The van der Waals surface area contributed by atoms with E-state index in [1.54, 1.807) is 25.1 Å². The van der Waals surface area contributed by atoms with Gasteiger partial charge in [-0.2, -0.15) is 0 Å². The fourth-order valence-corrected chi connectivity index (χ4v) is 2.97. The van der Waals surface area contributed by atoms with E-state index in [1.165, 1.54) is 18.2 Å². The molecule has 2 N–H and O–H groups in total. The quantitative estimate of drug-likeness (QED) is 0.729. The third-order valence-corrected chi connectivity index (χ3v) is 4.38. The molecule has 0 aliphatic carbocycles. The summed E-state index contributed by atoms with van der Waals surface area (Å²) in [5, 5.41) is 0. The van der Waals surface area contributed by atoms with Crippen LogP contribution in [-0.2, 0) is 13.0 Å². The molecule has 3 rings (SSSR count). The summed E-state index contributed by atoms with van der Waals surface area (Å²) in [6, 6.07) is 11.3. The number of benzene rings is 2. The first kappa shape index (κ1) is 17.8. The number of halogens is 3. The molecule has 1 aromatic heterocycles. The highest BCUT2D eigenvalue weighted by Gasteiger charge is 2.17. The van der Waals surface area contributed by atoms with E-state index in [2.05, 4.69) is 0 Å². The Morgan fingerprint density at radius 3 is 2.31 bits per heavy atom. The molecule has 0 saturated carbocycles. The first-order valence-corrected chi connectivity index (χ1v) is 8.06. The van der Waals surface area contributed by atoms with Crippen molar-refractivity contribution in [3.05, 3.63) is 82.8 Å². The summed E-state index contributed by atoms with van der Waals surface area (Å²) < 4.78 is 41.8. The monoisotopic (exact) mass is 358 g/mol. The highest BCUT2D eigenvalue weighted by atomic mass is 19.2. The fourth-order valence-electron chi connectivity index (χ4n) is 2.97. The van der Waals surface area contributed by atoms with Crippen molar-refractivity contribution >= 4 is 5.91 Å². The average Bonchev–Trinajstić information content (AvgIpc) is 2.94. The van der Waals surface area contributed by atoms with Gasteiger partial charge < -0.3 is 10.3 Å². The van der Waals surface area contributed by atoms with Gasteiger partial charge in [-0.3, -0.25) is 4.79 Å². The van der Waals surface area contributed by atoms with E-state index in [0.717, 1.165) is 17.7 Å². The second kappa shape index (κ2) is 7.07. The highest BCUT2D eigenvalue weighted by Crippen LogP contribution is 2.27. The number of aryl methyl sites for hydroxylation is 1. The van der Waals surface area contributed by atoms with E-state index in [9.17, 15) is 18.0 Å². The summed E-state index contributed by atoms with van der Waals surface area (Å²) in [5.41, 5.74) is 8.31. The van der Waals surface area contributed by atoms with Crippen LogP contribution in [0.4, 0.5) is 13.2 Å². The Labute approximate surface area is 148 Å². The van der Waals surface area contributed by atoms with Gasteiger partial charge in [-0.1, -0.05) is 12.1 Å². The zero-order valence-electron chi connectivity index (χ0n) is 14.1. The Morgan fingerprint density at radius 2 is 1.69 bits per heavy atom. The Balaban J connectivity index is 2.00. The van der Waals surface area contributed by atoms with Gasteiger partial charge in [0.2, 0.25) is 0 Å². The van der Waals surface area contributed by atoms with Crippen LogP contribution in [0.15, 0.2) is 48.5 Å². The molecule has 134 valence electrons. The summed E-state index contributed by atoms with van der Waals surface area (Å²) in [6.45, 7) is 2.22. The van der Waals surface area contributed by atoms with E-state index in [1.807, 2.05) is 4.57 Å². The summed E-state index contributed by atoms with van der Waals surface area (Å²) in [6.07, 6.45) is 0.574. The van der Waals surface area contributed by atoms with Crippen LogP contribution >= 0.6 is 0 Å². The SMILES string of the molecule is Cc1c(C(N)=O)cc(-c2ccc(F)c(F)c2)n1CCc1ccc(F)cc1. The molecule has 1 heterocycles. The van der Waals surface area contributed by atoms with Crippen molar-refractivity contribution in [2.75, 3.05) is 0 Å². The van der Waals surface area contributed by atoms with Crippen molar-refractivity contribution in [1.82, 2.24) is 4.57 Å². The summed E-state index contributed by atoms with van der Waals surface area (Å²) in [5.74, 6) is -2.81. The molecule has 6 heteroatoms. The van der Waals surface area contributed by atoms with Crippen molar-refractivity contribution in [3.63, 3.8) is 0 Å². The molecule has 0 fully saturated rings. The first-order valence-electron chi connectivity index (χ1n) is 8.06. The molecular weight excluding hydrogens is 341 g/mol. The molecule has 0 spiro atoms. The minimum atomic E-state index is -0.966. The lowest BCUT2D eigenvalue weighted by molar-refractivity contribution is 0.0999. The predicted octanol–water partition coefficient (Wildman–Crippen LogP) is 4.22. The van der Waals surface area contributed by atoms with E-state index in [0.29, 0.717) is 35.5 Å². The van der Waals surface area contributed by atoms with E-state index >= 15 is 0 Å². The molecular formula is C20H17F3N2O. The van der Waals surface area contributed by atoms with Gasteiger partial charge in [0, 0.05) is 23.5 Å². The fraction of sp³-hybridized carbons (Fsp3) is 0.150. The zero-order chi connectivity index (χ0) is 18.8.